The topological polar surface area (TPSA) is 84.5 Å². The smallest absolute Gasteiger partial charge is 0.321 e. The average molecular weight is 381 g/mol. The van der Waals surface area contributed by atoms with E-state index in [0.717, 1.165) is 15.7 Å². The van der Waals surface area contributed by atoms with Gasteiger partial charge >= 0.3 is 12.0 Å². The second-order valence-electron chi connectivity index (χ2n) is 5.08. The van der Waals surface area contributed by atoms with E-state index >= 15 is 0 Å². The number of amides is 3. The Kier molecular flexibility index (Phi) is 6.66. The van der Waals surface area contributed by atoms with E-state index in [4.69, 9.17) is 16.3 Å². The van der Waals surface area contributed by atoms with Crippen molar-refractivity contribution in [3.63, 3.8) is 0 Å². The quantitative estimate of drug-likeness (QED) is 0.615. The Morgan fingerprint density at radius 3 is 2.56 bits per heavy atom. The van der Waals surface area contributed by atoms with Crippen molar-refractivity contribution in [2.45, 2.75) is 17.9 Å². The molecule has 3 amide bonds. The Balaban J connectivity index is 1.97. The van der Waals surface area contributed by atoms with Crippen molar-refractivity contribution in [3.05, 3.63) is 41.4 Å². The largest absolute Gasteiger partial charge is 0.452 e. The number of carbonyl (C=O) groups is 3. The van der Waals surface area contributed by atoms with Gasteiger partial charge in [0.15, 0.2) is 6.10 Å². The number of thioether (sulfide) groups is 1. The fraction of sp³-hybridized carbons (Fsp3) is 0.235. The van der Waals surface area contributed by atoms with Crippen molar-refractivity contribution in [1.82, 2.24) is 10.6 Å². The summed E-state index contributed by atoms with van der Waals surface area (Å²) < 4.78 is 5.04. The molecule has 0 aliphatic carbocycles. The Morgan fingerprint density at radius 2 is 1.88 bits per heavy atom. The van der Waals surface area contributed by atoms with Crippen LogP contribution in [0.25, 0.3) is 10.8 Å². The zero-order chi connectivity index (χ0) is 18.4. The van der Waals surface area contributed by atoms with Crippen LogP contribution in [0.2, 0.25) is 5.02 Å². The molecule has 0 bridgehead atoms. The minimum atomic E-state index is -1.07. The van der Waals surface area contributed by atoms with Gasteiger partial charge in [-0.3, -0.25) is 14.9 Å². The summed E-state index contributed by atoms with van der Waals surface area (Å²) >= 11 is 7.52. The predicted octanol–water partition coefficient (Wildman–Crippen LogP) is 2.97. The summed E-state index contributed by atoms with van der Waals surface area (Å²) in [4.78, 5) is 35.5. The highest BCUT2D eigenvalue weighted by atomic mass is 35.5. The number of urea groups is 1. The van der Waals surface area contributed by atoms with E-state index < -0.39 is 24.0 Å². The van der Waals surface area contributed by atoms with Crippen LogP contribution in [0.15, 0.2) is 41.3 Å². The Bertz CT molecular complexity index is 807. The number of nitrogens with one attached hydrogen (secondary N) is 2. The molecule has 0 saturated carbocycles. The first-order valence-electron chi connectivity index (χ1n) is 7.44. The summed E-state index contributed by atoms with van der Waals surface area (Å²) in [5.41, 5.74) is 0. The lowest BCUT2D eigenvalue weighted by atomic mass is 10.1. The third-order valence-corrected chi connectivity index (χ3v) is 4.65. The normalized spacial score (nSPS) is 11.6. The molecule has 2 aromatic carbocycles. The standard InChI is InChI=1S/C17H17ClN2O4S/c1-10(16(22)20-17(23)19-2)24-14(21)9-25-13-8-4-6-11-5-3-7-12(18)15(11)13/h3-8,10H,9H2,1-2H3,(H2,19,20,22,23)/t10-/m0/s1. The minimum absolute atomic E-state index is 0.0158. The molecule has 1 atom stereocenters. The van der Waals surface area contributed by atoms with E-state index in [-0.39, 0.29) is 5.75 Å². The lowest BCUT2D eigenvalue weighted by Crippen LogP contribution is -2.43. The van der Waals surface area contributed by atoms with E-state index in [2.05, 4.69) is 5.32 Å². The van der Waals surface area contributed by atoms with Gasteiger partial charge in [-0.15, -0.1) is 11.8 Å². The summed E-state index contributed by atoms with van der Waals surface area (Å²) in [6.45, 7) is 1.40. The molecule has 2 N–H and O–H groups in total. The van der Waals surface area contributed by atoms with Crippen molar-refractivity contribution < 1.29 is 19.1 Å². The van der Waals surface area contributed by atoms with E-state index in [1.807, 2.05) is 35.6 Å². The van der Waals surface area contributed by atoms with Crippen LogP contribution in [0.1, 0.15) is 6.92 Å². The molecule has 0 spiro atoms. The summed E-state index contributed by atoms with van der Waals surface area (Å²) in [6, 6.07) is 10.6. The average Bonchev–Trinajstić information content (AvgIpc) is 2.59. The van der Waals surface area contributed by atoms with Crippen LogP contribution in [-0.4, -0.2) is 36.8 Å². The number of hydrogen-bond donors (Lipinski definition) is 2. The number of imide groups is 1. The van der Waals surface area contributed by atoms with Gasteiger partial charge in [0.05, 0.1) is 5.75 Å². The lowest BCUT2D eigenvalue weighted by molar-refractivity contribution is -0.151. The van der Waals surface area contributed by atoms with Gasteiger partial charge in [0, 0.05) is 22.4 Å². The molecule has 6 nitrogen and oxygen atoms in total. The van der Waals surface area contributed by atoms with Crippen molar-refractivity contribution >= 4 is 52.0 Å². The number of halogens is 1. The van der Waals surface area contributed by atoms with Gasteiger partial charge in [-0.2, -0.15) is 0 Å². The van der Waals surface area contributed by atoms with E-state index in [1.54, 1.807) is 6.07 Å². The minimum Gasteiger partial charge on any atom is -0.452 e. The first-order valence-corrected chi connectivity index (χ1v) is 8.81. The monoisotopic (exact) mass is 380 g/mol. The van der Waals surface area contributed by atoms with E-state index in [1.165, 1.54) is 25.7 Å². The number of fused-ring (bicyclic) bond motifs is 1. The second kappa shape index (κ2) is 8.73. The predicted molar refractivity (Wildman–Crippen MR) is 97.8 cm³/mol. The number of esters is 1. The lowest BCUT2D eigenvalue weighted by Gasteiger charge is -2.13. The number of rotatable bonds is 5. The molecule has 0 unspecified atom stereocenters. The van der Waals surface area contributed by atoms with Crippen LogP contribution in [0.5, 0.6) is 0 Å². The number of ether oxygens (including phenoxy) is 1. The highest BCUT2D eigenvalue weighted by Crippen LogP contribution is 2.33. The van der Waals surface area contributed by atoms with Crippen LogP contribution in [0.4, 0.5) is 4.79 Å². The number of benzene rings is 2. The molecule has 0 saturated heterocycles. The molecule has 132 valence electrons. The van der Waals surface area contributed by atoms with Gasteiger partial charge in [0.2, 0.25) is 0 Å². The van der Waals surface area contributed by atoms with Crippen LogP contribution in [0, 0.1) is 0 Å². The van der Waals surface area contributed by atoms with Gasteiger partial charge in [-0.25, -0.2) is 4.79 Å². The highest BCUT2D eigenvalue weighted by Gasteiger charge is 2.19. The van der Waals surface area contributed by atoms with E-state index in [9.17, 15) is 14.4 Å². The first-order chi connectivity index (χ1) is 11.9. The molecule has 0 aliphatic heterocycles. The maximum atomic E-state index is 12.0. The summed E-state index contributed by atoms with van der Waals surface area (Å²) in [7, 11) is 1.38. The summed E-state index contributed by atoms with van der Waals surface area (Å²) in [5, 5.41) is 6.75. The zero-order valence-corrected chi connectivity index (χ0v) is 15.2. The fourth-order valence-electron chi connectivity index (χ4n) is 2.08. The Morgan fingerprint density at radius 1 is 1.20 bits per heavy atom. The molecule has 0 heterocycles. The van der Waals surface area contributed by atoms with Gasteiger partial charge < -0.3 is 10.1 Å². The molecular formula is C17H17ClN2O4S. The van der Waals surface area contributed by atoms with Crippen LogP contribution < -0.4 is 10.6 Å². The maximum Gasteiger partial charge on any atom is 0.321 e. The first kappa shape index (κ1) is 19.1. The second-order valence-corrected chi connectivity index (χ2v) is 6.51. The van der Waals surface area contributed by atoms with Gasteiger partial charge in [0.25, 0.3) is 5.91 Å². The number of hydrogen-bond acceptors (Lipinski definition) is 5. The molecule has 2 rings (SSSR count). The van der Waals surface area contributed by atoms with Crippen molar-refractivity contribution in [2.75, 3.05) is 12.8 Å². The summed E-state index contributed by atoms with van der Waals surface area (Å²) in [5.74, 6) is -1.23. The SMILES string of the molecule is CNC(=O)NC(=O)[C@H](C)OC(=O)CSc1cccc2cccc(Cl)c12. The molecule has 0 aromatic heterocycles. The van der Waals surface area contributed by atoms with Crippen molar-refractivity contribution in [3.8, 4) is 0 Å². The van der Waals surface area contributed by atoms with Crippen molar-refractivity contribution in [2.24, 2.45) is 0 Å². The zero-order valence-electron chi connectivity index (χ0n) is 13.7. The molecule has 0 radical (unpaired) electrons. The van der Waals surface area contributed by atoms with Gasteiger partial charge in [0.1, 0.15) is 0 Å². The third-order valence-electron chi connectivity index (χ3n) is 3.30. The number of carbonyl (C=O) groups excluding carboxylic acids is 3. The third kappa shape index (κ3) is 5.11. The van der Waals surface area contributed by atoms with Gasteiger partial charge in [-0.1, -0.05) is 35.9 Å². The highest BCUT2D eigenvalue weighted by molar-refractivity contribution is 8.00. The fourth-order valence-corrected chi connectivity index (χ4v) is 3.31. The van der Waals surface area contributed by atoms with Crippen LogP contribution >= 0.6 is 23.4 Å². The molecule has 25 heavy (non-hydrogen) atoms. The molecule has 2 aromatic rings. The Hall–Kier alpha value is -2.25. The van der Waals surface area contributed by atoms with Crippen molar-refractivity contribution in [1.29, 1.82) is 0 Å². The molecule has 8 heteroatoms. The summed E-state index contributed by atoms with van der Waals surface area (Å²) in [6.07, 6.45) is -1.07. The maximum absolute atomic E-state index is 12.0. The molecular weight excluding hydrogens is 364 g/mol. The van der Waals surface area contributed by atoms with Crippen LogP contribution in [-0.2, 0) is 14.3 Å². The van der Waals surface area contributed by atoms with Crippen LogP contribution in [0.3, 0.4) is 0 Å². The van der Waals surface area contributed by atoms with E-state index in [0.29, 0.717) is 5.02 Å². The Labute approximate surface area is 154 Å². The molecule has 0 fully saturated rings. The van der Waals surface area contributed by atoms with Gasteiger partial charge in [-0.05, 0) is 24.4 Å². The molecule has 0 aliphatic rings.